The number of hydrogen-bond donors (Lipinski definition) is 3. The van der Waals surface area contributed by atoms with E-state index in [1.807, 2.05) is 0 Å². The average molecular weight is 266 g/mol. The fourth-order valence-electron chi connectivity index (χ4n) is 1.26. The van der Waals surface area contributed by atoms with Gasteiger partial charge in [-0.1, -0.05) is 12.1 Å². The van der Waals surface area contributed by atoms with Crippen LogP contribution in [0.15, 0.2) is 24.3 Å². The summed E-state index contributed by atoms with van der Waals surface area (Å²) in [5.74, 6) is -1.57. The Kier molecular flexibility index (Phi) is 5.06. The minimum Gasteiger partial charge on any atom is -0.320 e. The Morgan fingerprint density at radius 3 is 2.61 bits per heavy atom. The summed E-state index contributed by atoms with van der Waals surface area (Å²) in [5.41, 5.74) is 6.25. The largest absolute Gasteiger partial charge is 0.320 e. The molecule has 0 radical (unpaired) electrons. The minimum absolute atomic E-state index is 0.0970. The number of amides is 1. The van der Waals surface area contributed by atoms with Crippen LogP contribution in [0.25, 0.3) is 0 Å². The van der Waals surface area contributed by atoms with E-state index in [1.165, 1.54) is 13.0 Å². The highest BCUT2D eigenvalue weighted by Crippen LogP contribution is 2.11. The molecule has 0 saturated heterocycles. The van der Waals surface area contributed by atoms with E-state index in [2.05, 4.69) is 17.9 Å². The Balaban J connectivity index is 2.79. The first kappa shape index (κ1) is 14.4. The number of Topliss-reactive ketones (excluding diaryl/α,β-unsaturated/α-hetero) is 2. The molecule has 0 unspecified atom stereocenters. The van der Waals surface area contributed by atoms with Crippen molar-refractivity contribution in [2.24, 2.45) is 5.73 Å². The molecular weight excluding hydrogens is 252 g/mol. The third kappa shape index (κ3) is 3.68. The number of hydrogen-bond acceptors (Lipinski definition) is 5. The van der Waals surface area contributed by atoms with Crippen molar-refractivity contribution in [3.63, 3.8) is 0 Å². The normalized spacial score (nSPS) is 11.7. The van der Waals surface area contributed by atoms with Gasteiger partial charge in [-0.15, -0.1) is 0 Å². The van der Waals surface area contributed by atoms with Crippen LogP contribution in [0, 0.1) is 0 Å². The number of rotatable bonds is 5. The Hall–Kier alpha value is -1.66. The predicted octanol–water partition coefficient (Wildman–Crippen LogP) is 0.654. The van der Waals surface area contributed by atoms with E-state index in [1.54, 1.807) is 18.2 Å². The van der Waals surface area contributed by atoms with E-state index < -0.39 is 17.7 Å². The number of anilines is 1. The molecule has 18 heavy (non-hydrogen) atoms. The van der Waals surface area contributed by atoms with Crippen LogP contribution < -0.4 is 11.1 Å². The van der Waals surface area contributed by atoms with Gasteiger partial charge in [0.15, 0.2) is 5.78 Å². The van der Waals surface area contributed by atoms with Crippen molar-refractivity contribution >= 4 is 35.8 Å². The number of thiol groups is 1. The first-order valence-corrected chi connectivity index (χ1v) is 5.91. The Morgan fingerprint density at radius 1 is 1.39 bits per heavy atom. The van der Waals surface area contributed by atoms with Crippen LogP contribution in [0.1, 0.15) is 17.3 Å². The monoisotopic (exact) mass is 266 g/mol. The van der Waals surface area contributed by atoms with Gasteiger partial charge in [-0.05, 0) is 19.1 Å². The molecule has 96 valence electrons. The summed E-state index contributed by atoms with van der Waals surface area (Å²) >= 11 is 3.85. The van der Waals surface area contributed by atoms with Crippen LogP contribution in [0.3, 0.4) is 0 Å². The lowest BCUT2D eigenvalue weighted by atomic mass is 10.1. The zero-order valence-electron chi connectivity index (χ0n) is 9.84. The second kappa shape index (κ2) is 6.32. The van der Waals surface area contributed by atoms with E-state index in [0.717, 1.165) is 0 Å². The van der Waals surface area contributed by atoms with Crippen LogP contribution in [-0.4, -0.2) is 29.3 Å². The lowest BCUT2D eigenvalue weighted by molar-refractivity contribution is -0.135. The molecule has 0 aliphatic heterocycles. The van der Waals surface area contributed by atoms with Crippen LogP contribution in [0.2, 0.25) is 0 Å². The van der Waals surface area contributed by atoms with Crippen molar-refractivity contribution in [3.05, 3.63) is 29.8 Å². The van der Waals surface area contributed by atoms with Crippen molar-refractivity contribution in [2.45, 2.75) is 13.0 Å². The van der Waals surface area contributed by atoms with Crippen molar-refractivity contribution in [1.29, 1.82) is 0 Å². The molecule has 3 N–H and O–H groups in total. The second-order valence-corrected chi connectivity index (χ2v) is 4.11. The molecule has 5 nitrogen and oxygen atoms in total. The molecule has 0 aliphatic carbocycles. The summed E-state index contributed by atoms with van der Waals surface area (Å²) in [6.45, 7) is 1.42. The van der Waals surface area contributed by atoms with Crippen molar-refractivity contribution < 1.29 is 14.4 Å². The van der Waals surface area contributed by atoms with E-state index >= 15 is 0 Å². The minimum atomic E-state index is -0.927. The van der Waals surface area contributed by atoms with Crippen LogP contribution in [-0.2, 0) is 9.59 Å². The fourth-order valence-corrected chi connectivity index (χ4v) is 1.43. The molecule has 1 atom stereocenters. The highest BCUT2D eigenvalue weighted by atomic mass is 32.1. The molecule has 1 rings (SSSR count). The van der Waals surface area contributed by atoms with E-state index in [9.17, 15) is 14.4 Å². The maximum atomic E-state index is 11.5. The van der Waals surface area contributed by atoms with Crippen molar-refractivity contribution in [2.75, 3.05) is 11.1 Å². The SMILES string of the molecule is CC(=O)c1cccc(NC(=O)C(=O)[C@@H](N)CS)c1. The molecule has 0 spiro atoms. The average Bonchev–Trinajstić information content (AvgIpc) is 2.37. The van der Waals surface area contributed by atoms with Gasteiger partial charge >= 0.3 is 0 Å². The molecule has 0 aliphatic rings. The lowest BCUT2D eigenvalue weighted by Crippen LogP contribution is -2.40. The summed E-state index contributed by atoms with van der Waals surface area (Å²) in [7, 11) is 0. The van der Waals surface area contributed by atoms with Crippen LogP contribution in [0.4, 0.5) is 5.69 Å². The van der Waals surface area contributed by atoms with Gasteiger partial charge in [0.2, 0.25) is 5.78 Å². The molecule has 0 bridgehead atoms. The first-order chi connectivity index (χ1) is 8.45. The third-order valence-corrected chi connectivity index (χ3v) is 2.68. The van der Waals surface area contributed by atoms with Gasteiger partial charge in [0.05, 0.1) is 6.04 Å². The number of benzene rings is 1. The Labute approximate surface area is 110 Å². The molecule has 0 heterocycles. The number of nitrogens with two attached hydrogens (primary N) is 1. The van der Waals surface area contributed by atoms with E-state index in [4.69, 9.17) is 5.73 Å². The fraction of sp³-hybridized carbons (Fsp3) is 0.250. The summed E-state index contributed by atoms with van der Waals surface area (Å²) in [6.07, 6.45) is 0. The Bertz CT molecular complexity index is 488. The predicted molar refractivity (Wildman–Crippen MR) is 71.9 cm³/mol. The molecule has 0 saturated carbocycles. The van der Waals surface area contributed by atoms with Gasteiger partial charge in [0.1, 0.15) is 0 Å². The highest BCUT2D eigenvalue weighted by molar-refractivity contribution is 7.80. The summed E-state index contributed by atoms with van der Waals surface area (Å²) in [4.78, 5) is 34.1. The maximum absolute atomic E-state index is 11.5. The summed E-state index contributed by atoms with van der Waals surface area (Å²) in [6, 6.07) is 5.40. The molecule has 1 aromatic carbocycles. The quantitative estimate of drug-likeness (QED) is 0.415. The molecular formula is C12H14N2O3S. The second-order valence-electron chi connectivity index (χ2n) is 3.74. The standard InChI is InChI=1S/C12H14N2O3S/c1-7(15)8-3-2-4-9(5-8)14-12(17)11(16)10(13)6-18/h2-5,10,18H,6,13H2,1H3,(H,14,17)/t10-/m0/s1. The smallest absolute Gasteiger partial charge is 0.293 e. The van der Waals surface area contributed by atoms with Gasteiger partial charge < -0.3 is 11.1 Å². The molecule has 0 fully saturated rings. The van der Waals surface area contributed by atoms with Gasteiger partial charge in [-0.2, -0.15) is 12.6 Å². The first-order valence-electron chi connectivity index (χ1n) is 5.28. The molecule has 1 amide bonds. The van der Waals surface area contributed by atoms with Gasteiger partial charge in [0, 0.05) is 17.0 Å². The van der Waals surface area contributed by atoms with Gasteiger partial charge in [0.25, 0.3) is 5.91 Å². The zero-order chi connectivity index (χ0) is 13.7. The summed E-state index contributed by atoms with van der Waals surface area (Å²) < 4.78 is 0. The van der Waals surface area contributed by atoms with Gasteiger partial charge in [-0.3, -0.25) is 14.4 Å². The highest BCUT2D eigenvalue weighted by Gasteiger charge is 2.20. The van der Waals surface area contributed by atoms with Crippen LogP contribution in [0.5, 0.6) is 0 Å². The number of ketones is 2. The topological polar surface area (TPSA) is 89.3 Å². The maximum Gasteiger partial charge on any atom is 0.293 e. The van der Waals surface area contributed by atoms with Crippen molar-refractivity contribution in [3.8, 4) is 0 Å². The summed E-state index contributed by atoms with van der Waals surface area (Å²) in [5, 5.41) is 2.40. The molecule has 6 heteroatoms. The number of carbonyl (C=O) groups is 3. The molecule has 0 aromatic heterocycles. The molecule has 1 aromatic rings. The van der Waals surface area contributed by atoms with Gasteiger partial charge in [-0.25, -0.2) is 0 Å². The van der Waals surface area contributed by atoms with E-state index in [-0.39, 0.29) is 11.5 Å². The number of nitrogens with one attached hydrogen (secondary N) is 1. The van der Waals surface area contributed by atoms with Crippen molar-refractivity contribution in [1.82, 2.24) is 0 Å². The Morgan fingerprint density at radius 2 is 2.06 bits per heavy atom. The van der Waals surface area contributed by atoms with Crippen LogP contribution >= 0.6 is 12.6 Å². The zero-order valence-corrected chi connectivity index (χ0v) is 10.7. The lowest BCUT2D eigenvalue weighted by Gasteiger charge is -2.08. The number of carbonyl (C=O) groups excluding carboxylic acids is 3. The van der Waals surface area contributed by atoms with E-state index in [0.29, 0.717) is 11.3 Å². The third-order valence-electron chi connectivity index (χ3n) is 2.28.